The van der Waals surface area contributed by atoms with E-state index in [2.05, 4.69) is 21.2 Å². The Morgan fingerprint density at radius 1 is 1.30 bits per heavy atom. The van der Waals surface area contributed by atoms with Crippen LogP contribution < -0.4 is 5.32 Å². The second-order valence-corrected chi connectivity index (χ2v) is 6.09. The lowest BCUT2D eigenvalue weighted by molar-refractivity contribution is -0.146. The van der Waals surface area contributed by atoms with E-state index in [-0.39, 0.29) is 11.9 Å². The number of aliphatic carboxylic acids is 1. The van der Waals surface area contributed by atoms with E-state index in [0.717, 1.165) is 16.5 Å². The first kappa shape index (κ1) is 15.0. The minimum atomic E-state index is -0.865. The highest BCUT2D eigenvalue weighted by Gasteiger charge is 2.38. The Morgan fingerprint density at radius 2 is 1.95 bits per heavy atom. The molecule has 0 radical (unpaired) electrons. The zero-order chi connectivity index (χ0) is 14.7. The summed E-state index contributed by atoms with van der Waals surface area (Å²) in [5, 5.41) is 12.1. The lowest BCUT2D eigenvalue weighted by Gasteiger charge is -2.20. The van der Waals surface area contributed by atoms with E-state index in [0.29, 0.717) is 12.8 Å². The average molecular weight is 340 g/mol. The molecule has 0 spiro atoms. The van der Waals surface area contributed by atoms with Gasteiger partial charge in [-0.3, -0.25) is 9.59 Å². The molecule has 0 bridgehead atoms. The van der Waals surface area contributed by atoms with Crippen LogP contribution in [0.25, 0.3) is 0 Å². The molecule has 0 aromatic heterocycles. The van der Waals surface area contributed by atoms with Crippen molar-refractivity contribution in [2.24, 2.45) is 11.8 Å². The molecule has 108 valence electrons. The standard InChI is InChI=1S/C15H18BrNO3/c1-9(10-5-2-3-8-13(10)16)17-14(18)11-6-4-7-12(11)15(19)20/h2-3,5,8-9,11-12H,4,6-7H2,1H3,(H,17,18)(H,19,20)/t9-,11?,12?/m1/s1. The van der Waals surface area contributed by atoms with Gasteiger partial charge in [-0.2, -0.15) is 0 Å². The molecule has 0 aliphatic heterocycles. The van der Waals surface area contributed by atoms with Crippen LogP contribution in [-0.4, -0.2) is 17.0 Å². The van der Waals surface area contributed by atoms with E-state index in [1.165, 1.54) is 0 Å². The van der Waals surface area contributed by atoms with E-state index in [1.807, 2.05) is 31.2 Å². The number of rotatable bonds is 4. The predicted octanol–water partition coefficient (Wildman–Crippen LogP) is 3.13. The summed E-state index contributed by atoms with van der Waals surface area (Å²) >= 11 is 3.46. The number of carboxylic acid groups (broad SMARTS) is 1. The molecule has 1 amide bonds. The van der Waals surface area contributed by atoms with E-state index in [1.54, 1.807) is 0 Å². The van der Waals surface area contributed by atoms with Crippen molar-refractivity contribution >= 4 is 27.8 Å². The number of carbonyl (C=O) groups excluding carboxylic acids is 1. The van der Waals surface area contributed by atoms with Crippen LogP contribution in [0.1, 0.15) is 37.8 Å². The highest BCUT2D eigenvalue weighted by atomic mass is 79.9. The molecule has 2 unspecified atom stereocenters. The number of carbonyl (C=O) groups is 2. The number of carboxylic acids is 1. The first-order chi connectivity index (χ1) is 9.50. The summed E-state index contributed by atoms with van der Waals surface area (Å²) in [6, 6.07) is 7.55. The molecule has 1 aromatic rings. The molecule has 20 heavy (non-hydrogen) atoms. The fraction of sp³-hybridized carbons (Fsp3) is 0.467. The zero-order valence-corrected chi connectivity index (χ0v) is 12.9. The molecule has 1 fully saturated rings. The largest absolute Gasteiger partial charge is 0.481 e. The topological polar surface area (TPSA) is 66.4 Å². The van der Waals surface area contributed by atoms with Crippen molar-refractivity contribution in [2.75, 3.05) is 0 Å². The third-order valence-electron chi connectivity index (χ3n) is 3.90. The van der Waals surface area contributed by atoms with Crippen LogP contribution >= 0.6 is 15.9 Å². The Kier molecular flexibility index (Phi) is 4.81. The highest BCUT2D eigenvalue weighted by molar-refractivity contribution is 9.10. The van der Waals surface area contributed by atoms with Gasteiger partial charge in [0.05, 0.1) is 17.9 Å². The number of benzene rings is 1. The average Bonchev–Trinajstić information content (AvgIpc) is 2.88. The number of nitrogens with one attached hydrogen (secondary N) is 1. The summed E-state index contributed by atoms with van der Waals surface area (Å²) in [6.45, 7) is 1.91. The number of hydrogen-bond donors (Lipinski definition) is 2. The molecule has 2 N–H and O–H groups in total. The fourth-order valence-electron chi connectivity index (χ4n) is 2.79. The first-order valence-corrected chi connectivity index (χ1v) is 7.57. The maximum atomic E-state index is 12.3. The summed E-state index contributed by atoms with van der Waals surface area (Å²) in [4.78, 5) is 23.4. The summed E-state index contributed by atoms with van der Waals surface area (Å²) < 4.78 is 0.939. The first-order valence-electron chi connectivity index (χ1n) is 6.78. The summed E-state index contributed by atoms with van der Waals surface area (Å²) in [7, 11) is 0. The second-order valence-electron chi connectivity index (χ2n) is 5.23. The van der Waals surface area contributed by atoms with Gasteiger partial charge in [-0.05, 0) is 31.4 Å². The summed E-state index contributed by atoms with van der Waals surface area (Å²) in [5.74, 6) is -1.96. The van der Waals surface area contributed by atoms with E-state index < -0.39 is 17.8 Å². The molecular weight excluding hydrogens is 322 g/mol. The maximum absolute atomic E-state index is 12.3. The van der Waals surface area contributed by atoms with Crippen LogP contribution in [0.15, 0.2) is 28.7 Å². The SMILES string of the molecule is C[C@@H](NC(=O)C1CCCC1C(=O)O)c1ccccc1Br. The summed E-state index contributed by atoms with van der Waals surface area (Å²) in [5.41, 5.74) is 0.991. The molecule has 1 aliphatic rings. The molecule has 2 rings (SSSR count). The molecule has 0 saturated heterocycles. The van der Waals surface area contributed by atoms with Crippen molar-refractivity contribution < 1.29 is 14.7 Å². The van der Waals surface area contributed by atoms with Gasteiger partial charge in [0.25, 0.3) is 0 Å². The van der Waals surface area contributed by atoms with Crippen molar-refractivity contribution in [1.29, 1.82) is 0 Å². The van der Waals surface area contributed by atoms with Crippen LogP contribution in [-0.2, 0) is 9.59 Å². The van der Waals surface area contributed by atoms with Crippen molar-refractivity contribution in [1.82, 2.24) is 5.32 Å². The maximum Gasteiger partial charge on any atom is 0.307 e. The van der Waals surface area contributed by atoms with Crippen LogP contribution in [0, 0.1) is 11.8 Å². The normalized spacial score (nSPS) is 23.3. The van der Waals surface area contributed by atoms with E-state index in [9.17, 15) is 9.59 Å². The van der Waals surface area contributed by atoms with Crippen LogP contribution in [0.5, 0.6) is 0 Å². The van der Waals surface area contributed by atoms with Crippen LogP contribution in [0.4, 0.5) is 0 Å². The van der Waals surface area contributed by atoms with Crippen molar-refractivity contribution in [3.63, 3.8) is 0 Å². The lowest BCUT2D eigenvalue weighted by Crippen LogP contribution is -2.36. The van der Waals surface area contributed by atoms with Crippen molar-refractivity contribution in [3.05, 3.63) is 34.3 Å². The number of hydrogen-bond acceptors (Lipinski definition) is 2. The Bertz CT molecular complexity index is 518. The molecule has 5 heteroatoms. The molecule has 1 saturated carbocycles. The van der Waals surface area contributed by atoms with Gasteiger partial charge in [0.1, 0.15) is 0 Å². The monoisotopic (exact) mass is 339 g/mol. The third-order valence-corrected chi connectivity index (χ3v) is 4.62. The second kappa shape index (κ2) is 6.39. The van der Waals surface area contributed by atoms with Gasteiger partial charge < -0.3 is 10.4 Å². The van der Waals surface area contributed by atoms with Gasteiger partial charge >= 0.3 is 5.97 Å². The Hall–Kier alpha value is -1.36. The molecule has 3 atom stereocenters. The quantitative estimate of drug-likeness (QED) is 0.885. The van der Waals surface area contributed by atoms with Gasteiger partial charge in [-0.1, -0.05) is 40.5 Å². The number of halogens is 1. The van der Waals surface area contributed by atoms with Gasteiger partial charge in [0.2, 0.25) is 5.91 Å². The molecule has 4 nitrogen and oxygen atoms in total. The van der Waals surface area contributed by atoms with Gasteiger partial charge in [-0.15, -0.1) is 0 Å². The summed E-state index contributed by atoms with van der Waals surface area (Å²) in [6.07, 6.45) is 2.06. The molecule has 1 aromatic carbocycles. The Balaban J connectivity index is 2.04. The Morgan fingerprint density at radius 3 is 2.60 bits per heavy atom. The minimum Gasteiger partial charge on any atom is -0.481 e. The molecular formula is C15H18BrNO3. The third kappa shape index (κ3) is 3.20. The van der Waals surface area contributed by atoms with Gasteiger partial charge in [0.15, 0.2) is 0 Å². The van der Waals surface area contributed by atoms with Gasteiger partial charge in [0, 0.05) is 4.47 Å². The Labute approximate surface area is 126 Å². The number of amides is 1. The highest BCUT2D eigenvalue weighted by Crippen LogP contribution is 2.33. The zero-order valence-electron chi connectivity index (χ0n) is 11.3. The lowest BCUT2D eigenvalue weighted by atomic mass is 9.94. The van der Waals surface area contributed by atoms with E-state index >= 15 is 0 Å². The van der Waals surface area contributed by atoms with E-state index in [4.69, 9.17) is 5.11 Å². The smallest absolute Gasteiger partial charge is 0.307 e. The predicted molar refractivity (Wildman–Crippen MR) is 79.2 cm³/mol. The molecule has 0 heterocycles. The van der Waals surface area contributed by atoms with Crippen molar-refractivity contribution in [2.45, 2.75) is 32.2 Å². The minimum absolute atomic E-state index is 0.145. The fourth-order valence-corrected chi connectivity index (χ4v) is 3.42. The molecule has 1 aliphatic carbocycles. The van der Waals surface area contributed by atoms with Crippen LogP contribution in [0.3, 0.4) is 0 Å². The van der Waals surface area contributed by atoms with Crippen molar-refractivity contribution in [3.8, 4) is 0 Å². The van der Waals surface area contributed by atoms with Gasteiger partial charge in [-0.25, -0.2) is 0 Å². The van der Waals surface area contributed by atoms with Crippen LogP contribution in [0.2, 0.25) is 0 Å².